The van der Waals surface area contributed by atoms with E-state index >= 15 is 0 Å². The van der Waals surface area contributed by atoms with Crippen LogP contribution < -0.4 is 5.32 Å². The fourth-order valence-electron chi connectivity index (χ4n) is 0.790. The molecule has 1 N–H and O–H groups in total. The minimum Gasteiger partial charge on any atom is -0.307 e. The summed E-state index contributed by atoms with van der Waals surface area (Å²) >= 11 is 0. The first-order chi connectivity index (χ1) is 5.81. The van der Waals surface area contributed by atoms with Gasteiger partial charge in [-0.05, 0) is 6.42 Å². The van der Waals surface area contributed by atoms with Gasteiger partial charge in [-0.25, -0.2) is 0 Å². The molecule has 0 aromatic heterocycles. The number of nitrogens with one attached hydrogen (secondary N) is 1. The van der Waals surface area contributed by atoms with Crippen molar-refractivity contribution in [3.8, 4) is 12.3 Å². The van der Waals surface area contributed by atoms with Crippen LogP contribution in [0.25, 0.3) is 0 Å². The average Bonchev–Trinajstić information content (AvgIpc) is 2.06. The molecule has 12 heavy (non-hydrogen) atoms. The summed E-state index contributed by atoms with van der Waals surface area (Å²) in [6.45, 7) is 4.64. The van der Waals surface area contributed by atoms with E-state index in [-0.39, 0.29) is 5.78 Å². The molecule has 66 valence electrons. The minimum absolute atomic E-state index is 0.215. The van der Waals surface area contributed by atoms with Crippen molar-refractivity contribution < 1.29 is 4.79 Å². The molecule has 2 nitrogen and oxygen atoms in total. The number of rotatable bonds is 7. The second kappa shape index (κ2) is 8.03. The fourth-order valence-corrected chi connectivity index (χ4v) is 0.790. The van der Waals surface area contributed by atoms with E-state index in [1.54, 1.807) is 6.08 Å². The lowest BCUT2D eigenvalue weighted by molar-refractivity contribution is -0.118. The fraction of sp³-hybridized carbons (Fsp3) is 0.500. The molecular weight excluding hydrogens is 150 g/mol. The first-order valence-electron chi connectivity index (χ1n) is 4.08. The normalized spacial score (nSPS) is 8.92. The molecule has 2 heteroatoms. The molecule has 0 unspecified atom stereocenters. The highest BCUT2D eigenvalue weighted by Gasteiger charge is 1.98. The summed E-state index contributed by atoms with van der Waals surface area (Å²) in [5, 5.41) is 2.94. The van der Waals surface area contributed by atoms with E-state index in [9.17, 15) is 4.79 Å². The van der Waals surface area contributed by atoms with Gasteiger partial charge in [-0.3, -0.25) is 4.79 Å². The molecule has 0 aliphatic heterocycles. The van der Waals surface area contributed by atoms with Gasteiger partial charge in [0, 0.05) is 19.4 Å². The predicted molar refractivity (Wildman–Crippen MR) is 50.8 cm³/mol. The van der Waals surface area contributed by atoms with Crippen LogP contribution in [-0.4, -0.2) is 18.9 Å². The van der Waals surface area contributed by atoms with Gasteiger partial charge in [0.1, 0.15) is 5.78 Å². The number of hydrogen-bond donors (Lipinski definition) is 1. The molecule has 0 rings (SSSR count). The maximum Gasteiger partial charge on any atom is 0.146 e. The Hall–Kier alpha value is -1.07. The highest BCUT2D eigenvalue weighted by atomic mass is 16.1. The van der Waals surface area contributed by atoms with Crippen LogP contribution in [0.2, 0.25) is 0 Å². The lowest BCUT2D eigenvalue weighted by atomic mass is 10.2. The Balaban J connectivity index is 3.22. The van der Waals surface area contributed by atoms with Crippen molar-refractivity contribution in [2.24, 2.45) is 0 Å². The second-order valence-corrected chi connectivity index (χ2v) is 2.52. The number of carbonyl (C=O) groups excluding carboxylic acids is 1. The van der Waals surface area contributed by atoms with E-state index in [0.29, 0.717) is 25.9 Å². The van der Waals surface area contributed by atoms with E-state index in [1.807, 2.05) is 0 Å². The summed E-state index contributed by atoms with van der Waals surface area (Å²) in [5.41, 5.74) is 0. The van der Waals surface area contributed by atoms with Gasteiger partial charge in [0.25, 0.3) is 0 Å². The van der Waals surface area contributed by atoms with Crippen molar-refractivity contribution >= 4 is 5.78 Å². The Labute approximate surface area is 74.0 Å². The second-order valence-electron chi connectivity index (χ2n) is 2.52. The molecule has 0 amide bonds. The molecule has 0 atom stereocenters. The van der Waals surface area contributed by atoms with Crippen LogP contribution >= 0.6 is 0 Å². The van der Waals surface area contributed by atoms with E-state index in [0.717, 1.165) is 6.42 Å². The summed E-state index contributed by atoms with van der Waals surface area (Å²) in [7, 11) is 0. The van der Waals surface area contributed by atoms with Gasteiger partial charge in [-0.15, -0.1) is 18.9 Å². The predicted octanol–water partition coefficient (Wildman–Crippen LogP) is 1.13. The molecule has 0 radical (unpaired) electrons. The minimum atomic E-state index is 0.215. The van der Waals surface area contributed by atoms with Crippen LogP contribution in [0.4, 0.5) is 0 Å². The quantitative estimate of drug-likeness (QED) is 0.348. The summed E-state index contributed by atoms with van der Waals surface area (Å²) in [6, 6.07) is 0. The monoisotopic (exact) mass is 165 g/mol. The number of carbonyl (C=O) groups is 1. The van der Waals surface area contributed by atoms with Gasteiger partial charge in [0.2, 0.25) is 0 Å². The molecule has 0 bridgehead atoms. The molecule has 0 heterocycles. The van der Waals surface area contributed by atoms with Crippen LogP contribution in [-0.2, 0) is 4.79 Å². The Morgan fingerprint density at radius 2 is 2.42 bits per heavy atom. The first kappa shape index (κ1) is 10.9. The molecule has 0 aromatic rings. The zero-order valence-corrected chi connectivity index (χ0v) is 7.31. The van der Waals surface area contributed by atoms with Crippen molar-refractivity contribution in [3.63, 3.8) is 0 Å². The van der Waals surface area contributed by atoms with Crippen molar-refractivity contribution in [3.05, 3.63) is 12.7 Å². The smallest absolute Gasteiger partial charge is 0.146 e. The SMILES string of the molecule is C#CCCCC(=O)CNCC=C. The Bertz CT molecular complexity index is 179. The molecule has 0 aromatic carbocycles. The van der Waals surface area contributed by atoms with E-state index < -0.39 is 0 Å². The van der Waals surface area contributed by atoms with Gasteiger partial charge in [-0.2, -0.15) is 0 Å². The molecule has 0 saturated heterocycles. The van der Waals surface area contributed by atoms with Gasteiger partial charge in [-0.1, -0.05) is 6.08 Å². The number of hydrogen-bond acceptors (Lipinski definition) is 2. The van der Waals surface area contributed by atoms with Crippen molar-refractivity contribution in [1.29, 1.82) is 0 Å². The zero-order chi connectivity index (χ0) is 9.23. The van der Waals surface area contributed by atoms with Crippen LogP contribution in [0, 0.1) is 12.3 Å². The van der Waals surface area contributed by atoms with Crippen molar-refractivity contribution in [2.45, 2.75) is 19.3 Å². The Morgan fingerprint density at radius 1 is 1.67 bits per heavy atom. The highest BCUT2D eigenvalue weighted by molar-refractivity contribution is 5.80. The lowest BCUT2D eigenvalue weighted by Crippen LogP contribution is -2.22. The standard InChI is InChI=1S/C10H15NO/c1-3-5-6-7-10(12)9-11-8-4-2/h1,4,11H,2,5-9H2. The molecule has 0 spiro atoms. The third kappa shape index (κ3) is 7.04. The highest BCUT2D eigenvalue weighted by Crippen LogP contribution is 1.93. The molecular formula is C10H15NO. The molecule has 0 fully saturated rings. The first-order valence-corrected chi connectivity index (χ1v) is 4.08. The molecule has 0 saturated carbocycles. The maximum absolute atomic E-state index is 11.0. The van der Waals surface area contributed by atoms with Crippen LogP contribution in [0.5, 0.6) is 0 Å². The van der Waals surface area contributed by atoms with Gasteiger partial charge in [0.05, 0.1) is 6.54 Å². The number of terminal acetylenes is 1. The van der Waals surface area contributed by atoms with E-state index in [4.69, 9.17) is 6.42 Å². The average molecular weight is 165 g/mol. The number of ketones is 1. The van der Waals surface area contributed by atoms with E-state index in [1.165, 1.54) is 0 Å². The third-order valence-corrected chi connectivity index (χ3v) is 1.39. The van der Waals surface area contributed by atoms with Gasteiger partial charge < -0.3 is 5.32 Å². The number of Topliss-reactive ketones (excluding diaryl/α,β-unsaturated/α-hetero) is 1. The van der Waals surface area contributed by atoms with Gasteiger partial charge >= 0.3 is 0 Å². The third-order valence-electron chi connectivity index (χ3n) is 1.39. The Kier molecular flexibility index (Phi) is 7.31. The Morgan fingerprint density at radius 3 is 3.00 bits per heavy atom. The lowest BCUT2D eigenvalue weighted by Gasteiger charge is -1.99. The van der Waals surface area contributed by atoms with Crippen molar-refractivity contribution in [2.75, 3.05) is 13.1 Å². The van der Waals surface area contributed by atoms with Crippen molar-refractivity contribution in [1.82, 2.24) is 5.32 Å². The molecule has 0 aliphatic carbocycles. The van der Waals surface area contributed by atoms with Crippen LogP contribution in [0.15, 0.2) is 12.7 Å². The summed E-state index contributed by atoms with van der Waals surface area (Å²) in [4.78, 5) is 11.0. The summed E-state index contributed by atoms with van der Waals surface area (Å²) in [6.07, 6.45) is 8.84. The van der Waals surface area contributed by atoms with Gasteiger partial charge in [0.15, 0.2) is 0 Å². The maximum atomic E-state index is 11.0. The largest absolute Gasteiger partial charge is 0.307 e. The number of unbranched alkanes of at least 4 members (excludes halogenated alkanes) is 1. The zero-order valence-electron chi connectivity index (χ0n) is 7.31. The topological polar surface area (TPSA) is 29.1 Å². The van der Waals surface area contributed by atoms with E-state index in [2.05, 4.69) is 17.8 Å². The summed E-state index contributed by atoms with van der Waals surface area (Å²) in [5.74, 6) is 2.72. The van der Waals surface area contributed by atoms with Crippen LogP contribution in [0.1, 0.15) is 19.3 Å². The molecule has 0 aliphatic rings. The summed E-state index contributed by atoms with van der Waals surface area (Å²) < 4.78 is 0. The van der Waals surface area contributed by atoms with Crippen LogP contribution in [0.3, 0.4) is 0 Å².